The number of carboxylic acid groups (broad SMARTS) is 1. The van der Waals surface area contributed by atoms with E-state index in [4.69, 9.17) is 5.11 Å². The van der Waals surface area contributed by atoms with Crippen molar-refractivity contribution < 1.29 is 9.90 Å². The Morgan fingerprint density at radius 2 is 0.545 bits per heavy atom. The predicted molar refractivity (Wildman–Crippen MR) is 149 cm³/mol. The molecule has 0 spiro atoms. The summed E-state index contributed by atoms with van der Waals surface area (Å²) in [5.74, 6) is -0.655. The van der Waals surface area contributed by atoms with Crippen molar-refractivity contribution in [1.82, 2.24) is 0 Å². The van der Waals surface area contributed by atoms with Crippen molar-refractivity contribution in [1.29, 1.82) is 0 Å². The van der Waals surface area contributed by atoms with E-state index in [0.717, 1.165) is 12.8 Å². The van der Waals surface area contributed by atoms with Crippen LogP contribution in [0.15, 0.2) is 0 Å². The zero-order valence-corrected chi connectivity index (χ0v) is 23.4. The molecule has 0 saturated heterocycles. The highest BCUT2D eigenvalue weighted by molar-refractivity contribution is 5.66. The smallest absolute Gasteiger partial charge is 0.303 e. The lowest BCUT2D eigenvalue weighted by Gasteiger charge is -2.02. The van der Waals surface area contributed by atoms with Gasteiger partial charge in [-0.1, -0.05) is 181 Å². The molecule has 2 nitrogen and oxygen atoms in total. The van der Waals surface area contributed by atoms with E-state index in [2.05, 4.69) is 20.8 Å². The number of carboxylic acids is 1. The average Bonchev–Trinajstić information content (AvgIpc) is 2.81. The quantitative estimate of drug-likeness (QED) is 0.128. The van der Waals surface area contributed by atoms with Crippen LogP contribution in [0.25, 0.3) is 0 Å². The molecule has 200 valence electrons. The summed E-state index contributed by atoms with van der Waals surface area (Å²) in [4.78, 5) is 10.3. The minimum absolute atomic E-state index is 0.345. The molecule has 0 radical (unpaired) electrons. The maximum atomic E-state index is 10.3. The second-order valence-corrected chi connectivity index (χ2v) is 10.3. The summed E-state index contributed by atoms with van der Waals surface area (Å²) in [6, 6.07) is 0. The van der Waals surface area contributed by atoms with E-state index in [1.54, 1.807) is 0 Å². The number of hydrogen-bond acceptors (Lipinski definition) is 1. The first-order valence-corrected chi connectivity index (χ1v) is 15.4. The number of hydrogen-bond donors (Lipinski definition) is 1. The van der Waals surface area contributed by atoms with Crippen molar-refractivity contribution in [3.8, 4) is 0 Å². The second-order valence-electron chi connectivity index (χ2n) is 10.3. The Hall–Kier alpha value is -0.530. The maximum absolute atomic E-state index is 10.3. The highest BCUT2D eigenvalue weighted by Crippen LogP contribution is 2.13. The molecule has 0 fully saturated rings. The number of rotatable bonds is 26. The number of aliphatic carboxylic acids is 1. The first-order chi connectivity index (χ1) is 16.2. The minimum atomic E-state index is -0.655. The second kappa shape index (κ2) is 33.6. The van der Waals surface area contributed by atoms with Crippen molar-refractivity contribution in [2.45, 2.75) is 194 Å². The largest absolute Gasteiger partial charge is 0.481 e. The molecule has 0 rings (SSSR count). The molecule has 0 aliphatic carbocycles. The summed E-state index contributed by atoms with van der Waals surface area (Å²) >= 11 is 0. The van der Waals surface area contributed by atoms with Crippen LogP contribution in [0.5, 0.6) is 0 Å². The van der Waals surface area contributed by atoms with E-state index in [1.165, 1.54) is 154 Å². The molecule has 0 amide bonds. The van der Waals surface area contributed by atoms with Crippen LogP contribution in [-0.4, -0.2) is 11.1 Å². The molecule has 0 aliphatic heterocycles. The summed E-state index contributed by atoms with van der Waals surface area (Å²) in [5, 5.41) is 8.49. The van der Waals surface area contributed by atoms with Crippen LogP contribution < -0.4 is 0 Å². The number of carbonyl (C=O) groups is 1. The fourth-order valence-electron chi connectivity index (χ4n) is 4.38. The lowest BCUT2D eigenvalue weighted by molar-refractivity contribution is -0.137. The summed E-state index contributed by atoms with van der Waals surface area (Å²) in [5.41, 5.74) is 0. The maximum Gasteiger partial charge on any atom is 0.303 e. The zero-order chi connectivity index (χ0) is 24.7. The first-order valence-electron chi connectivity index (χ1n) is 15.4. The number of unbranched alkanes of at least 4 members (excludes halogenated alkanes) is 24. The van der Waals surface area contributed by atoms with Crippen molar-refractivity contribution in [2.75, 3.05) is 0 Å². The van der Waals surface area contributed by atoms with Crippen LogP contribution in [0, 0.1) is 0 Å². The van der Waals surface area contributed by atoms with Gasteiger partial charge in [0.1, 0.15) is 0 Å². The molecule has 0 heterocycles. The van der Waals surface area contributed by atoms with Gasteiger partial charge in [0.25, 0.3) is 0 Å². The van der Waals surface area contributed by atoms with Gasteiger partial charge in [-0.3, -0.25) is 4.79 Å². The molecule has 0 saturated carbocycles. The summed E-state index contributed by atoms with van der Waals surface area (Å²) in [6.45, 7) is 6.84. The summed E-state index contributed by atoms with van der Waals surface area (Å²) in [7, 11) is 0. The molecule has 0 aromatic rings. The average molecular weight is 469 g/mol. The lowest BCUT2D eigenvalue weighted by atomic mass is 10.0. The highest BCUT2D eigenvalue weighted by atomic mass is 16.4. The Balaban J connectivity index is 0. The van der Waals surface area contributed by atoms with E-state index in [0.29, 0.717) is 6.42 Å². The monoisotopic (exact) mass is 468 g/mol. The molecule has 2 heteroatoms. The fraction of sp³-hybridized carbons (Fsp3) is 0.968. The van der Waals surface area contributed by atoms with Crippen molar-refractivity contribution in [2.24, 2.45) is 0 Å². The van der Waals surface area contributed by atoms with Crippen molar-refractivity contribution in [3.05, 3.63) is 0 Å². The molecule has 1 N–H and O–H groups in total. The summed E-state index contributed by atoms with van der Waals surface area (Å²) in [6.07, 6.45) is 36.2. The Morgan fingerprint density at radius 3 is 0.727 bits per heavy atom. The van der Waals surface area contributed by atoms with Crippen LogP contribution in [0.1, 0.15) is 194 Å². The van der Waals surface area contributed by atoms with Gasteiger partial charge in [0, 0.05) is 6.42 Å². The van der Waals surface area contributed by atoms with Gasteiger partial charge in [0.15, 0.2) is 0 Å². The molecule has 0 aromatic heterocycles. The van der Waals surface area contributed by atoms with Gasteiger partial charge in [0.05, 0.1) is 0 Å². The SMILES string of the molecule is CCCCCCCCCCCCCCC.CCCCCCCCCCCCCCCC(=O)O. The molecule has 0 unspecified atom stereocenters. The topological polar surface area (TPSA) is 37.3 Å². The van der Waals surface area contributed by atoms with E-state index >= 15 is 0 Å². The zero-order valence-electron chi connectivity index (χ0n) is 23.4. The third kappa shape index (κ3) is 39.0. The van der Waals surface area contributed by atoms with Crippen LogP contribution >= 0.6 is 0 Å². The first kappa shape index (κ1) is 34.6. The Labute approximate surface area is 210 Å². The van der Waals surface area contributed by atoms with Crippen LogP contribution in [0.4, 0.5) is 0 Å². The van der Waals surface area contributed by atoms with Crippen LogP contribution in [0.3, 0.4) is 0 Å². The highest BCUT2D eigenvalue weighted by Gasteiger charge is 1.97. The lowest BCUT2D eigenvalue weighted by Crippen LogP contribution is -1.93. The Morgan fingerprint density at radius 1 is 0.364 bits per heavy atom. The third-order valence-corrected chi connectivity index (χ3v) is 6.70. The van der Waals surface area contributed by atoms with Gasteiger partial charge in [-0.25, -0.2) is 0 Å². The standard InChI is InChI=1S/C16H32O2.C15H32/c1-2-3-4-5-6-7-8-9-10-11-12-13-14-15-16(17)18;1-3-5-7-9-11-13-15-14-12-10-8-6-4-2/h2-15H2,1H3,(H,17,18);3-15H2,1-2H3. The van der Waals surface area contributed by atoms with E-state index in [9.17, 15) is 4.79 Å². The Kier molecular flexibility index (Phi) is 35.3. The molecule has 33 heavy (non-hydrogen) atoms. The van der Waals surface area contributed by atoms with E-state index in [-0.39, 0.29) is 0 Å². The molecule has 0 bridgehead atoms. The predicted octanol–water partition coefficient (Wildman–Crippen LogP) is 11.6. The molecule has 0 atom stereocenters. The normalized spacial score (nSPS) is 10.8. The van der Waals surface area contributed by atoms with Gasteiger partial charge in [-0.15, -0.1) is 0 Å². The van der Waals surface area contributed by atoms with Gasteiger partial charge >= 0.3 is 5.97 Å². The third-order valence-electron chi connectivity index (χ3n) is 6.70. The van der Waals surface area contributed by atoms with Crippen LogP contribution in [0.2, 0.25) is 0 Å². The van der Waals surface area contributed by atoms with Crippen molar-refractivity contribution >= 4 is 5.97 Å². The minimum Gasteiger partial charge on any atom is -0.481 e. The van der Waals surface area contributed by atoms with Crippen molar-refractivity contribution in [3.63, 3.8) is 0 Å². The van der Waals surface area contributed by atoms with Crippen LogP contribution in [-0.2, 0) is 4.79 Å². The van der Waals surface area contributed by atoms with Gasteiger partial charge < -0.3 is 5.11 Å². The molecule has 0 aliphatic rings. The molecular weight excluding hydrogens is 404 g/mol. The fourth-order valence-corrected chi connectivity index (χ4v) is 4.38. The molecule has 0 aromatic carbocycles. The van der Waals surface area contributed by atoms with E-state index in [1.807, 2.05) is 0 Å². The van der Waals surface area contributed by atoms with Gasteiger partial charge in [0.2, 0.25) is 0 Å². The van der Waals surface area contributed by atoms with E-state index < -0.39 is 5.97 Å². The molecular formula is C31H64O2. The van der Waals surface area contributed by atoms with Gasteiger partial charge in [-0.2, -0.15) is 0 Å². The van der Waals surface area contributed by atoms with Gasteiger partial charge in [-0.05, 0) is 6.42 Å². The summed E-state index contributed by atoms with van der Waals surface area (Å²) < 4.78 is 0. The Bertz CT molecular complexity index is 328.